The lowest BCUT2D eigenvalue weighted by molar-refractivity contribution is -0.127. The molecule has 2 aromatic rings. The molecular formula is C20H29IN6O. The fraction of sp³-hybridized carbons (Fsp3) is 0.450. The van der Waals surface area contributed by atoms with Crippen LogP contribution in [0.2, 0.25) is 0 Å². The van der Waals surface area contributed by atoms with Gasteiger partial charge in [0.25, 0.3) is 0 Å². The highest BCUT2D eigenvalue weighted by Gasteiger charge is 2.29. The number of amides is 1. The average molecular weight is 496 g/mol. The molecule has 1 aromatic carbocycles. The van der Waals surface area contributed by atoms with Gasteiger partial charge in [0.1, 0.15) is 0 Å². The second-order valence-electron chi connectivity index (χ2n) is 6.97. The molecule has 1 fully saturated rings. The van der Waals surface area contributed by atoms with Crippen LogP contribution in [0.25, 0.3) is 0 Å². The Hall–Kier alpha value is -2.10. The summed E-state index contributed by atoms with van der Waals surface area (Å²) in [5.74, 6) is 1.30. The van der Waals surface area contributed by atoms with Gasteiger partial charge in [0.15, 0.2) is 5.96 Å². The van der Waals surface area contributed by atoms with Crippen LogP contribution >= 0.6 is 24.0 Å². The van der Waals surface area contributed by atoms with Crippen molar-refractivity contribution >= 4 is 35.8 Å². The average Bonchev–Trinajstić information content (AvgIpc) is 3.26. The third kappa shape index (κ3) is 6.50. The predicted octanol–water partition coefficient (Wildman–Crippen LogP) is 1.79. The van der Waals surface area contributed by atoms with E-state index in [2.05, 4.69) is 32.9 Å². The van der Waals surface area contributed by atoms with Crippen molar-refractivity contribution in [1.82, 2.24) is 25.3 Å². The lowest BCUT2D eigenvalue weighted by atomic mass is 10.1. The van der Waals surface area contributed by atoms with Crippen LogP contribution in [0, 0.1) is 5.92 Å². The zero-order valence-corrected chi connectivity index (χ0v) is 18.8. The Morgan fingerprint density at radius 1 is 1.25 bits per heavy atom. The molecular weight excluding hydrogens is 467 g/mol. The lowest BCUT2D eigenvalue weighted by Gasteiger charge is -2.18. The van der Waals surface area contributed by atoms with Gasteiger partial charge in [0, 0.05) is 64.4 Å². The van der Waals surface area contributed by atoms with Crippen LogP contribution in [-0.2, 0) is 24.8 Å². The minimum absolute atomic E-state index is 0. The summed E-state index contributed by atoms with van der Waals surface area (Å²) in [7, 11) is 3.65. The summed E-state index contributed by atoms with van der Waals surface area (Å²) < 4.78 is 1.78. The molecule has 1 aliphatic heterocycles. The van der Waals surface area contributed by atoms with Gasteiger partial charge in [0.2, 0.25) is 5.91 Å². The second-order valence-corrected chi connectivity index (χ2v) is 6.97. The van der Waals surface area contributed by atoms with E-state index in [0.29, 0.717) is 18.9 Å². The molecule has 1 unspecified atom stereocenters. The number of hydrogen-bond donors (Lipinski definition) is 2. The highest BCUT2D eigenvalue weighted by molar-refractivity contribution is 14.0. The number of guanidine groups is 1. The van der Waals surface area contributed by atoms with Crippen LogP contribution in [0.4, 0.5) is 0 Å². The number of halogens is 1. The summed E-state index contributed by atoms with van der Waals surface area (Å²) in [6, 6.07) is 10.3. The standard InChI is InChI=1S/C20H28N6O.HI/c1-21-20(23-12-18-13-24-25(2)14-18)22-11-17-10-19(27)26(15-17)9-8-16-6-4-3-5-7-16;/h3-7,13-14,17H,8-12,15H2,1-2H3,(H2,21,22,23);1H. The quantitative estimate of drug-likeness (QED) is 0.349. The Labute approximate surface area is 183 Å². The molecule has 8 heteroatoms. The van der Waals surface area contributed by atoms with E-state index in [4.69, 9.17) is 0 Å². The van der Waals surface area contributed by atoms with Crippen LogP contribution in [0.1, 0.15) is 17.5 Å². The van der Waals surface area contributed by atoms with Crippen LogP contribution in [0.5, 0.6) is 0 Å². The molecule has 0 bridgehead atoms. The number of rotatable bonds is 7. The second kappa shape index (κ2) is 11.0. The maximum atomic E-state index is 12.3. The molecule has 7 nitrogen and oxygen atoms in total. The Balaban J connectivity index is 0.00000280. The third-order valence-electron chi connectivity index (χ3n) is 4.81. The van der Waals surface area contributed by atoms with E-state index in [1.807, 2.05) is 42.5 Å². The van der Waals surface area contributed by atoms with E-state index >= 15 is 0 Å². The van der Waals surface area contributed by atoms with Crippen LogP contribution < -0.4 is 10.6 Å². The predicted molar refractivity (Wildman–Crippen MR) is 122 cm³/mol. The lowest BCUT2D eigenvalue weighted by Crippen LogP contribution is -2.40. The minimum atomic E-state index is 0. The minimum Gasteiger partial charge on any atom is -0.356 e. The highest BCUT2D eigenvalue weighted by Crippen LogP contribution is 2.17. The normalized spacial score (nSPS) is 16.8. The highest BCUT2D eigenvalue weighted by atomic mass is 127. The SMILES string of the molecule is CN=C(NCc1cnn(C)c1)NCC1CC(=O)N(CCc2ccccc2)C1.I. The van der Waals surface area contributed by atoms with Crippen molar-refractivity contribution in [2.24, 2.45) is 18.0 Å². The van der Waals surface area contributed by atoms with E-state index in [9.17, 15) is 4.79 Å². The number of aryl methyl sites for hydroxylation is 1. The molecule has 1 aliphatic rings. The maximum absolute atomic E-state index is 12.3. The van der Waals surface area contributed by atoms with Crippen molar-refractivity contribution in [3.05, 3.63) is 53.9 Å². The number of likely N-dealkylation sites (tertiary alicyclic amines) is 1. The van der Waals surface area contributed by atoms with Gasteiger partial charge in [-0.15, -0.1) is 24.0 Å². The summed E-state index contributed by atoms with van der Waals surface area (Å²) >= 11 is 0. The Morgan fingerprint density at radius 2 is 2.04 bits per heavy atom. The first-order valence-electron chi connectivity index (χ1n) is 9.38. The Kier molecular flexibility index (Phi) is 8.75. The molecule has 0 saturated carbocycles. The third-order valence-corrected chi connectivity index (χ3v) is 4.81. The van der Waals surface area contributed by atoms with E-state index in [0.717, 1.165) is 37.6 Å². The molecule has 1 aromatic heterocycles. The van der Waals surface area contributed by atoms with Crippen LogP contribution in [-0.4, -0.2) is 53.2 Å². The molecule has 1 amide bonds. The van der Waals surface area contributed by atoms with E-state index in [-0.39, 0.29) is 29.9 Å². The number of nitrogens with one attached hydrogen (secondary N) is 2. The van der Waals surface area contributed by atoms with Crippen molar-refractivity contribution in [1.29, 1.82) is 0 Å². The summed E-state index contributed by atoms with van der Waals surface area (Å²) in [5, 5.41) is 10.8. The van der Waals surface area contributed by atoms with Crippen molar-refractivity contribution in [3.8, 4) is 0 Å². The van der Waals surface area contributed by atoms with Gasteiger partial charge in [-0.05, 0) is 12.0 Å². The van der Waals surface area contributed by atoms with Crippen LogP contribution in [0.15, 0.2) is 47.7 Å². The van der Waals surface area contributed by atoms with Gasteiger partial charge in [-0.2, -0.15) is 5.10 Å². The number of nitrogens with zero attached hydrogens (tertiary/aromatic N) is 4. The first-order valence-corrected chi connectivity index (χ1v) is 9.38. The monoisotopic (exact) mass is 496 g/mol. The fourth-order valence-electron chi connectivity index (χ4n) is 3.33. The number of aliphatic imine (C=N–C) groups is 1. The Bertz CT molecular complexity index is 776. The molecule has 2 heterocycles. The summed E-state index contributed by atoms with van der Waals surface area (Å²) in [5.41, 5.74) is 2.37. The number of benzene rings is 1. The number of aromatic nitrogens is 2. The van der Waals surface area contributed by atoms with Crippen molar-refractivity contribution in [3.63, 3.8) is 0 Å². The molecule has 0 aliphatic carbocycles. The number of carbonyl (C=O) groups is 1. The molecule has 0 spiro atoms. The van der Waals surface area contributed by atoms with Gasteiger partial charge in [-0.1, -0.05) is 30.3 Å². The summed E-state index contributed by atoms with van der Waals surface area (Å²) in [4.78, 5) is 18.5. The van der Waals surface area contributed by atoms with Gasteiger partial charge in [-0.25, -0.2) is 0 Å². The maximum Gasteiger partial charge on any atom is 0.223 e. The number of carbonyl (C=O) groups excluding carboxylic acids is 1. The molecule has 0 radical (unpaired) electrons. The smallest absolute Gasteiger partial charge is 0.223 e. The van der Waals surface area contributed by atoms with Crippen molar-refractivity contribution in [2.75, 3.05) is 26.7 Å². The van der Waals surface area contributed by atoms with Crippen molar-refractivity contribution < 1.29 is 4.79 Å². The molecule has 1 saturated heterocycles. The number of hydrogen-bond acceptors (Lipinski definition) is 3. The van der Waals surface area contributed by atoms with E-state index < -0.39 is 0 Å². The first kappa shape index (κ1) is 22.2. The molecule has 1 atom stereocenters. The summed E-state index contributed by atoms with van der Waals surface area (Å²) in [6.07, 6.45) is 5.31. The Morgan fingerprint density at radius 3 is 2.71 bits per heavy atom. The van der Waals surface area contributed by atoms with E-state index in [1.165, 1.54) is 5.56 Å². The zero-order chi connectivity index (χ0) is 19.1. The fourth-order valence-corrected chi connectivity index (χ4v) is 3.33. The van der Waals surface area contributed by atoms with E-state index in [1.54, 1.807) is 11.7 Å². The molecule has 152 valence electrons. The molecule has 2 N–H and O–H groups in total. The zero-order valence-electron chi connectivity index (χ0n) is 16.5. The summed E-state index contributed by atoms with van der Waals surface area (Å²) in [6.45, 7) is 2.99. The van der Waals surface area contributed by atoms with Gasteiger partial charge < -0.3 is 15.5 Å². The largest absolute Gasteiger partial charge is 0.356 e. The van der Waals surface area contributed by atoms with Gasteiger partial charge >= 0.3 is 0 Å². The van der Waals surface area contributed by atoms with Gasteiger partial charge in [-0.3, -0.25) is 14.5 Å². The molecule has 3 rings (SSSR count). The van der Waals surface area contributed by atoms with Crippen molar-refractivity contribution in [2.45, 2.75) is 19.4 Å². The first-order chi connectivity index (χ1) is 13.1. The van der Waals surface area contributed by atoms with Crippen LogP contribution in [0.3, 0.4) is 0 Å². The van der Waals surface area contributed by atoms with Gasteiger partial charge in [0.05, 0.1) is 6.20 Å². The molecule has 28 heavy (non-hydrogen) atoms. The topological polar surface area (TPSA) is 74.5 Å².